The molecule has 0 aliphatic carbocycles. The first-order chi connectivity index (χ1) is 15.8. The number of ether oxygens (including phenoxy) is 1. The molecular weight excluding hydrogens is 508 g/mol. The van der Waals surface area contributed by atoms with Gasteiger partial charge in [0.25, 0.3) is 5.56 Å². The fraction of sp³-hybridized carbons (Fsp3) is 0.316. The minimum absolute atomic E-state index is 0.0750. The number of thioether (sulfide) groups is 1. The molecule has 15 heteroatoms. The number of nitrogens with zero attached hydrogens (tertiary/aromatic N) is 4. The lowest BCUT2D eigenvalue weighted by Crippen LogP contribution is -2.41. The van der Waals surface area contributed by atoms with Crippen molar-refractivity contribution >= 4 is 46.1 Å². The van der Waals surface area contributed by atoms with Crippen molar-refractivity contribution in [3.63, 3.8) is 0 Å². The smallest absolute Gasteiger partial charge is 0.431 e. The molecule has 2 heterocycles. The molecule has 1 unspecified atom stereocenters. The predicted molar refractivity (Wildman–Crippen MR) is 115 cm³/mol. The largest absolute Gasteiger partial charge is 0.469 e. The van der Waals surface area contributed by atoms with Crippen molar-refractivity contribution in [2.24, 2.45) is 12.0 Å². The van der Waals surface area contributed by atoms with Gasteiger partial charge in [0.05, 0.1) is 29.9 Å². The van der Waals surface area contributed by atoms with Crippen LogP contribution in [0.15, 0.2) is 32.8 Å². The average Bonchev–Trinajstić information content (AvgIpc) is 3.00. The van der Waals surface area contributed by atoms with E-state index in [1.807, 2.05) is 0 Å². The molecule has 9 nitrogen and oxygen atoms in total. The molecule has 1 aromatic heterocycles. The van der Waals surface area contributed by atoms with Crippen LogP contribution in [0.2, 0.25) is 5.02 Å². The van der Waals surface area contributed by atoms with Crippen LogP contribution >= 0.6 is 23.4 Å². The van der Waals surface area contributed by atoms with Crippen molar-refractivity contribution in [1.82, 2.24) is 14.0 Å². The molecule has 0 spiro atoms. The number of hydrogen-bond acceptors (Lipinski definition) is 7. The number of hydrogen-bond donors (Lipinski definition) is 0. The van der Waals surface area contributed by atoms with Crippen LogP contribution in [0.4, 0.5) is 23.2 Å². The second kappa shape index (κ2) is 9.25. The maximum Gasteiger partial charge on any atom is 0.431 e. The summed E-state index contributed by atoms with van der Waals surface area (Å²) in [6.07, 6.45) is -5.22. The number of methoxy groups -OCH3 is 1. The van der Waals surface area contributed by atoms with Crippen molar-refractivity contribution in [2.75, 3.05) is 14.2 Å². The first-order valence-electron chi connectivity index (χ1n) is 9.25. The molecule has 1 amide bonds. The molecule has 1 fully saturated rings. The number of carbonyl (C=O) groups is 2. The molecule has 34 heavy (non-hydrogen) atoms. The van der Waals surface area contributed by atoms with Gasteiger partial charge in [0, 0.05) is 20.2 Å². The zero-order valence-electron chi connectivity index (χ0n) is 17.6. The van der Waals surface area contributed by atoms with Crippen molar-refractivity contribution in [2.45, 2.75) is 17.8 Å². The number of aliphatic imine (C=N–C) groups is 1. The van der Waals surface area contributed by atoms with Gasteiger partial charge in [-0.3, -0.25) is 23.9 Å². The lowest BCUT2D eigenvalue weighted by atomic mass is 10.2. The second-order valence-corrected chi connectivity index (χ2v) is 8.55. The van der Waals surface area contributed by atoms with E-state index in [1.165, 1.54) is 14.2 Å². The topological polar surface area (TPSA) is 103 Å². The van der Waals surface area contributed by atoms with E-state index < -0.39 is 51.8 Å². The van der Waals surface area contributed by atoms with Gasteiger partial charge in [-0.05, 0) is 12.1 Å². The molecule has 182 valence electrons. The van der Waals surface area contributed by atoms with E-state index in [1.54, 1.807) is 0 Å². The number of aromatic nitrogens is 2. The van der Waals surface area contributed by atoms with E-state index >= 15 is 0 Å². The van der Waals surface area contributed by atoms with Crippen LogP contribution in [0.3, 0.4) is 0 Å². The molecule has 0 bridgehead atoms. The third-order valence-corrected chi connectivity index (χ3v) is 6.34. The highest BCUT2D eigenvalue weighted by atomic mass is 35.5. The zero-order valence-corrected chi connectivity index (χ0v) is 19.2. The van der Waals surface area contributed by atoms with E-state index in [-0.39, 0.29) is 37.5 Å². The maximum absolute atomic E-state index is 14.7. The summed E-state index contributed by atoms with van der Waals surface area (Å²) < 4.78 is 58.8. The summed E-state index contributed by atoms with van der Waals surface area (Å²) >= 11 is 6.94. The highest BCUT2D eigenvalue weighted by Gasteiger charge is 2.38. The number of esters is 1. The zero-order chi connectivity index (χ0) is 25.5. The van der Waals surface area contributed by atoms with E-state index in [0.717, 1.165) is 35.8 Å². The fourth-order valence-electron chi connectivity index (χ4n) is 3.04. The van der Waals surface area contributed by atoms with Crippen LogP contribution < -0.4 is 11.2 Å². The number of amides is 1. The van der Waals surface area contributed by atoms with E-state index in [9.17, 15) is 36.7 Å². The molecule has 1 saturated heterocycles. The molecule has 1 aliphatic rings. The summed E-state index contributed by atoms with van der Waals surface area (Å²) in [6, 6.07) is 1.79. The number of halogens is 5. The average molecular weight is 523 g/mol. The summed E-state index contributed by atoms with van der Waals surface area (Å²) in [4.78, 5) is 54.0. The third kappa shape index (κ3) is 4.73. The summed E-state index contributed by atoms with van der Waals surface area (Å²) in [7, 11) is 3.32. The van der Waals surface area contributed by atoms with Crippen LogP contribution in [0.1, 0.15) is 12.1 Å². The van der Waals surface area contributed by atoms with Crippen LogP contribution in [-0.2, 0) is 27.5 Å². The first kappa shape index (κ1) is 25.5. The molecule has 0 radical (unpaired) electrons. The quantitative estimate of drug-likeness (QED) is 0.451. The molecule has 2 aromatic rings. The van der Waals surface area contributed by atoms with Crippen molar-refractivity contribution in [1.29, 1.82) is 0 Å². The van der Waals surface area contributed by atoms with Crippen molar-refractivity contribution in [3.05, 3.63) is 55.6 Å². The van der Waals surface area contributed by atoms with E-state index in [4.69, 9.17) is 11.6 Å². The standard InChI is InChI=1S/C19H15ClF4N4O5S/c1-26-13(19(22,23)24)7-14(29)28(18(26)32)11-5-10(8(20)4-9(11)21)25-17-27(2)16(31)12(34-17)6-15(30)33-3/h4-5,7,12H,6H2,1-3H3. The third-order valence-electron chi connectivity index (χ3n) is 4.80. The van der Waals surface area contributed by atoms with Gasteiger partial charge in [-0.2, -0.15) is 13.2 Å². The number of carbonyl (C=O) groups excluding carboxylic acids is 2. The van der Waals surface area contributed by atoms with E-state index in [2.05, 4.69) is 9.73 Å². The fourth-order valence-corrected chi connectivity index (χ4v) is 4.36. The normalized spacial score (nSPS) is 17.5. The summed E-state index contributed by atoms with van der Waals surface area (Å²) in [5.74, 6) is -2.25. The van der Waals surface area contributed by atoms with Crippen LogP contribution in [0.5, 0.6) is 0 Å². The number of amidine groups is 1. The Morgan fingerprint density at radius 3 is 2.44 bits per heavy atom. The number of benzene rings is 1. The molecule has 1 aliphatic heterocycles. The molecule has 1 aromatic carbocycles. The Bertz CT molecular complexity index is 1340. The highest BCUT2D eigenvalue weighted by Crippen LogP contribution is 2.35. The second-order valence-electron chi connectivity index (χ2n) is 6.98. The molecule has 1 atom stereocenters. The van der Waals surface area contributed by atoms with Gasteiger partial charge in [-0.15, -0.1) is 0 Å². The molecule has 3 rings (SSSR count). The van der Waals surface area contributed by atoms with Gasteiger partial charge in [-0.25, -0.2) is 18.7 Å². The van der Waals surface area contributed by atoms with Crippen LogP contribution in [-0.4, -0.2) is 50.5 Å². The Kier molecular flexibility index (Phi) is 6.94. The Hall–Kier alpha value is -3.13. The minimum atomic E-state index is -4.99. The van der Waals surface area contributed by atoms with Gasteiger partial charge >= 0.3 is 17.8 Å². The van der Waals surface area contributed by atoms with E-state index in [0.29, 0.717) is 0 Å². The predicted octanol–water partition coefficient (Wildman–Crippen LogP) is 2.47. The summed E-state index contributed by atoms with van der Waals surface area (Å²) in [5, 5.41) is -1.02. The Morgan fingerprint density at radius 2 is 1.85 bits per heavy atom. The van der Waals surface area contributed by atoms with Crippen molar-refractivity contribution < 1.29 is 31.9 Å². The minimum Gasteiger partial charge on any atom is -0.469 e. The van der Waals surface area contributed by atoms with Gasteiger partial charge in [0.2, 0.25) is 5.91 Å². The Morgan fingerprint density at radius 1 is 1.21 bits per heavy atom. The first-order valence-corrected chi connectivity index (χ1v) is 10.5. The van der Waals surface area contributed by atoms with Gasteiger partial charge in [-0.1, -0.05) is 23.4 Å². The lowest BCUT2D eigenvalue weighted by Gasteiger charge is -2.15. The van der Waals surface area contributed by atoms with Crippen LogP contribution in [0, 0.1) is 5.82 Å². The van der Waals surface area contributed by atoms with Gasteiger partial charge in [0.15, 0.2) is 5.17 Å². The maximum atomic E-state index is 14.7. The Balaban J connectivity index is 2.11. The highest BCUT2D eigenvalue weighted by molar-refractivity contribution is 8.15. The van der Waals surface area contributed by atoms with Gasteiger partial charge in [0.1, 0.15) is 16.8 Å². The SMILES string of the molecule is COC(=O)CC1SC(=Nc2cc(-n3c(=O)cc(C(F)(F)F)n(C)c3=O)c(F)cc2Cl)N(C)C1=O. The number of alkyl halides is 3. The van der Waals surface area contributed by atoms with Gasteiger partial charge < -0.3 is 4.74 Å². The van der Waals surface area contributed by atoms with Crippen molar-refractivity contribution in [3.8, 4) is 5.69 Å². The monoisotopic (exact) mass is 522 g/mol. The van der Waals surface area contributed by atoms with Crippen LogP contribution in [0.25, 0.3) is 5.69 Å². The summed E-state index contributed by atoms with van der Waals surface area (Å²) in [5.41, 5.74) is -5.23. The molecule has 0 N–H and O–H groups in total. The summed E-state index contributed by atoms with van der Waals surface area (Å²) in [6.45, 7) is 0. The number of rotatable bonds is 4. The molecule has 0 saturated carbocycles. The molecular formula is C19H15ClF4N4O5S. The Labute approximate surface area is 197 Å². The lowest BCUT2D eigenvalue weighted by molar-refractivity contribution is -0.144.